The lowest BCUT2D eigenvalue weighted by Crippen LogP contribution is -2.19. The molecule has 3 aromatic rings. The fraction of sp³-hybridized carbons (Fsp3) is 0.0476. The van der Waals surface area contributed by atoms with Crippen LogP contribution in [0.15, 0.2) is 78.9 Å². The minimum Gasteiger partial charge on any atom is -0.322 e. The average Bonchev–Trinajstić information content (AvgIpc) is 2.65. The summed E-state index contributed by atoms with van der Waals surface area (Å²) in [7, 11) is 0. The Balaban J connectivity index is 1.60. The first-order valence-corrected chi connectivity index (χ1v) is 8.22. The first kappa shape index (κ1) is 17.2. The predicted molar refractivity (Wildman–Crippen MR) is 105 cm³/mol. The molecule has 0 saturated heterocycles. The molecule has 0 radical (unpaired) electrons. The first-order valence-electron chi connectivity index (χ1n) is 8.22. The van der Waals surface area contributed by atoms with E-state index in [-0.39, 0.29) is 11.9 Å². The van der Waals surface area contributed by atoms with E-state index in [1.54, 1.807) is 36.4 Å². The molecule has 0 aliphatic carbocycles. The third-order valence-corrected chi connectivity index (χ3v) is 3.83. The summed E-state index contributed by atoms with van der Waals surface area (Å²) in [5.41, 5.74) is 3.60. The molecule has 26 heavy (non-hydrogen) atoms. The van der Waals surface area contributed by atoms with Crippen LogP contribution in [-0.4, -0.2) is 11.9 Å². The summed E-state index contributed by atoms with van der Waals surface area (Å²) in [6, 6.07) is 23.2. The molecule has 0 heterocycles. The van der Waals surface area contributed by atoms with Crippen molar-refractivity contribution in [2.45, 2.75) is 6.92 Å². The van der Waals surface area contributed by atoms with Gasteiger partial charge in [0.2, 0.25) is 0 Å². The maximum atomic E-state index is 12.3. The van der Waals surface area contributed by atoms with Crippen LogP contribution < -0.4 is 16.0 Å². The summed E-state index contributed by atoms with van der Waals surface area (Å²) in [6.45, 7) is 1.94. The van der Waals surface area contributed by atoms with E-state index < -0.39 is 0 Å². The summed E-state index contributed by atoms with van der Waals surface area (Å²) in [4.78, 5) is 24.3. The molecule has 3 N–H and O–H groups in total. The number of rotatable bonds is 4. The Morgan fingerprint density at radius 2 is 1.23 bits per heavy atom. The van der Waals surface area contributed by atoms with E-state index in [1.165, 1.54) is 0 Å². The van der Waals surface area contributed by atoms with Crippen LogP contribution in [0.5, 0.6) is 0 Å². The van der Waals surface area contributed by atoms with Gasteiger partial charge in [-0.25, -0.2) is 4.79 Å². The quantitative estimate of drug-likeness (QED) is 0.630. The molecule has 0 atom stereocenters. The second kappa shape index (κ2) is 7.98. The number of carbonyl (C=O) groups excluding carboxylic acids is 2. The summed E-state index contributed by atoms with van der Waals surface area (Å²) >= 11 is 0. The molecule has 0 aliphatic rings. The van der Waals surface area contributed by atoms with Gasteiger partial charge >= 0.3 is 6.03 Å². The number of anilines is 3. The highest BCUT2D eigenvalue weighted by Gasteiger charge is 2.08. The standard InChI is InChI=1S/C21H19N3O2/c1-15-7-5-6-10-19(15)24-20(25)16-11-13-18(14-12-16)23-21(26)22-17-8-3-2-4-9-17/h2-14H,1H3,(H,24,25)(H2,22,23,26). The molecule has 0 fully saturated rings. The number of nitrogens with one attached hydrogen (secondary N) is 3. The van der Waals surface area contributed by atoms with E-state index in [2.05, 4.69) is 16.0 Å². The van der Waals surface area contributed by atoms with Crippen LogP contribution in [0.2, 0.25) is 0 Å². The highest BCUT2D eigenvalue weighted by Crippen LogP contribution is 2.16. The zero-order chi connectivity index (χ0) is 18.4. The summed E-state index contributed by atoms with van der Waals surface area (Å²) in [5, 5.41) is 8.35. The molecular weight excluding hydrogens is 326 g/mol. The molecule has 0 aliphatic heterocycles. The van der Waals surface area contributed by atoms with Gasteiger partial charge in [-0.2, -0.15) is 0 Å². The molecule has 0 spiro atoms. The summed E-state index contributed by atoms with van der Waals surface area (Å²) < 4.78 is 0. The molecule has 0 unspecified atom stereocenters. The van der Waals surface area contributed by atoms with E-state index in [9.17, 15) is 9.59 Å². The van der Waals surface area contributed by atoms with Crippen molar-refractivity contribution >= 4 is 29.0 Å². The Hall–Kier alpha value is -3.60. The van der Waals surface area contributed by atoms with E-state index >= 15 is 0 Å². The molecule has 3 rings (SSSR count). The second-order valence-electron chi connectivity index (χ2n) is 5.79. The SMILES string of the molecule is Cc1ccccc1NC(=O)c1ccc(NC(=O)Nc2ccccc2)cc1. The van der Waals surface area contributed by atoms with E-state index in [1.807, 2.05) is 49.4 Å². The topological polar surface area (TPSA) is 70.2 Å². The van der Waals surface area contributed by atoms with Crippen LogP contribution in [0.25, 0.3) is 0 Å². The van der Waals surface area contributed by atoms with Crippen molar-refractivity contribution < 1.29 is 9.59 Å². The monoisotopic (exact) mass is 345 g/mol. The van der Waals surface area contributed by atoms with Gasteiger partial charge in [0.25, 0.3) is 5.91 Å². The van der Waals surface area contributed by atoms with Crippen molar-refractivity contribution in [2.75, 3.05) is 16.0 Å². The zero-order valence-electron chi connectivity index (χ0n) is 14.3. The number of urea groups is 1. The van der Waals surface area contributed by atoms with Gasteiger partial charge in [-0.1, -0.05) is 36.4 Å². The number of hydrogen-bond donors (Lipinski definition) is 3. The fourth-order valence-corrected chi connectivity index (χ4v) is 2.43. The predicted octanol–water partition coefficient (Wildman–Crippen LogP) is 4.89. The smallest absolute Gasteiger partial charge is 0.322 e. The Morgan fingerprint density at radius 3 is 1.88 bits per heavy atom. The van der Waals surface area contributed by atoms with Crippen LogP contribution in [-0.2, 0) is 0 Å². The molecule has 0 bridgehead atoms. The molecule has 5 nitrogen and oxygen atoms in total. The van der Waals surface area contributed by atoms with Gasteiger partial charge in [0.15, 0.2) is 0 Å². The van der Waals surface area contributed by atoms with Gasteiger partial charge < -0.3 is 16.0 Å². The molecule has 0 saturated carbocycles. The van der Waals surface area contributed by atoms with E-state index in [0.29, 0.717) is 16.9 Å². The zero-order valence-corrected chi connectivity index (χ0v) is 14.3. The van der Waals surface area contributed by atoms with Crippen molar-refractivity contribution in [3.05, 3.63) is 90.0 Å². The van der Waals surface area contributed by atoms with Crippen molar-refractivity contribution in [2.24, 2.45) is 0 Å². The maximum Gasteiger partial charge on any atom is 0.323 e. The van der Waals surface area contributed by atoms with Gasteiger partial charge in [0.05, 0.1) is 0 Å². The average molecular weight is 345 g/mol. The number of para-hydroxylation sites is 2. The third kappa shape index (κ3) is 4.48. The maximum absolute atomic E-state index is 12.3. The van der Waals surface area contributed by atoms with Crippen molar-refractivity contribution in [1.82, 2.24) is 0 Å². The Labute approximate surface area is 152 Å². The number of amides is 3. The largest absolute Gasteiger partial charge is 0.323 e. The molecule has 3 amide bonds. The third-order valence-electron chi connectivity index (χ3n) is 3.83. The summed E-state index contributed by atoms with van der Waals surface area (Å²) in [5.74, 6) is -0.195. The molecule has 130 valence electrons. The summed E-state index contributed by atoms with van der Waals surface area (Å²) in [6.07, 6.45) is 0. The van der Waals surface area contributed by atoms with Crippen molar-refractivity contribution in [3.63, 3.8) is 0 Å². The number of benzene rings is 3. The van der Waals surface area contributed by atoms with Gasteiger partial charge in [-0.3, -0.25) is 4.79 Å². The fourth-order valence-electron chi connectivity index (χ4n) is 2.43. The lowest BCUT2D eigenvalue weighted by molar-refractivity contribution is 0.102. The minimum absolute atomic E-state index is 0.195. The molecule has 0 aromatic heterocycles. The van der Waals surface area contributed by atoms with Crippen molar-refractivity contribution in [3.8, 4) is 0 Å². The van der Waals surface area contributed by atoms with Crippen LogP contribution in [0.1, 0.15) is 15.9 Å². The number of aryl methyl sites for hydroxylation is 1. The van der Waals surface area contributed by atoms with Crippen LogP contribution in [0.4, 0.5) is 21.9 Å². The lowest BCUT2D eigenvalue weighted by Gasteiger charge is -2.10. The van der Waals surface area contributed by atoms with Crippen LogP contribution in [0.3, 0.4) is 0 Å². The highest BCUT2D eigenvalue weighted by atomic mass is 16.2. The lowest BCUT2D eigenvalue weighted by atomic mass is 10.1. The van der Waals surface area contributed by atoms with Crippen molar-refractivity contribution in [1.29, 1.82) is 0 Å². The number of carbonyl (C=O) groups is 2. The van der Waals surface area contributed by atoms with Gasteiger partial charge in [-0.05, 0) is 55.0 Å². The Morgan fingerprint density at radius 1 is 0.654 bits per heavy atom. The normalized spacial score (nSPS) is 10.0. The van der Waals surface area contributed by atoms with E-state index in [4.69, 9.17) is 0 Å². The highest BCUT2D eigenvalue weighted by molar-refractivity contribution is 6.05. The van der Waals surface area contributed by atoms with Crippen LogP contribution >= 0.6 is 0 Å². The Kier molecular flexibility index (Phi) is 5.29. The van der Waals surface area contributed by atoms with Crippen LogP contribution in [0, 0.1) is 6.92 Å². The van der Waals surface area contributed by atoms with Gasteiger partial charge in [-0.15, -0.1) is 0 Å². The van der Waals surface area contributed by atoms with E-state index in [0.717, 1.165) is 11.3 Å². The minimum atomic E-state index is -0.340. The molecule has 3 aromatic carbocycles. The van der Waals surface area contributed by atoms with Gasteiger partial charge in [0, 0.05) is 22.6 Å². The first-order chi connectivity index (χ1) is 12.6. The molecule has 5 heteroatoms. The Bertz CT molecular complexity index is 906. The number of hydrogen-bond acceptors (Lipinski definition) is 2. The second-order valence-corrected chi connectivity index (χ2v) is 5.79. The molecular formula is C21H19N3O2. The van der Waals surface area contributed by atoms with Gasteiger partial charge in [0.1, 0.15) is 0 Å².